The van der Waals surface area contributed by atoms with Crippen molar-refractivity contribution in [2.45, 2.75) is 38.6 Å². The maximum atomic E-state index is 13.9. The Kier molecular flexibility index (Phi) is 4.94. The molecule has 0 spiro atoms. The van der Waals surface area contributed by atoms with Crippen molar-refractivity contribution in [3.63, 3.8) is 0 Å². The lowest BCUT2D eigenvalue weighted by molar-refractivity contribution is -0.146. The molecular weight excluding hydrogens is 273 g/mol. The summed E-state index contributed by atoms with van der Waals surface area (Å²) in [5.41, 5.74) is 0.530. The molecule has 1 N–H and O–H groups in total. The SMILES string of the molecule is COC(=O)C1CCC(NC(=O)c2cccc(C)c2F)CC1. The average Bonchev–Trinajstić information content (AvgIpc) is 2.50. The molecule has 0 heterocycles. The van der Waals surface area contributed by atoms with Gasteiger partial charge in [-0.15, -0.1) is 0 Å². The second-order valence-corrected chi connectivity index (χ2v) is 5.48. The lowest BCUT2D eigenvalue weighted by atomic mass is 9.86. The highest BCUT2D eigenvalue weighted by Crippen LogP contribution is 2.25. The van der Waals surface area contributed by atoms with Gasteiger partial charge in [0.05, 0.1) is 18.6 Å². The fraction of sp³-hybridized carbons (Fsp3) is 0.500. The van der Waals surface area contributed by atoms with E-state index in [0.29, 0.717) is 31.2 Å². The van der Waals surface area contributed by atoms with Crippen molar-refractivity contribution in [2.24, 2.45) is 5.92 Å². The van der Waals surface area contributed by atoms with Gasteiger partial charge >= 0.3 is 5.97 Å². The molecule has 1 amide bonds. The van der Waals surface area contributed by atoms with Gasteiger partial charge in [0.2, 0.25) is 0 Å². The Morgan fingerprint density at radius 3 is 2.52 bits per heavy atom. The van der Waals surface area contributed by atoms with Crippen LogP contribution in [-0.4, -0.2) is 25.0 Å². The van der Waals surface area contributed by atoms with E-state index in [1.165, 1.54) is 13.2 Å². The first-order valence-electron chi connectivity index (χ1n) is 7.16. The molecule has 1 aliphatic rings. The fourth-order valence-corrected chi connectivity index (χ4v) is 2.73. The Morgan fingerprint density at radius 2 is 1.90 bits per heavy atom. The summed E-state index contributed by atoms with van der Waals surface area (Å²) in [4.78, 5) is 23.6. The summed E-state index contributed by atoms with van der Waals surface area (Å²) in [6.45, 7) is 1.63. The molecule has 0 unspecified atom stereocenters. The number of ether oxygens (including phenoxy) is 1. The summed E-state index contributed by atoms with van der Waals surface area (Å²) < 4.78 is 18.6. The summed E-state index contributed by atoms with van der Waals surface area (Å²) in [6, 6.07) is 4.77. The highest BCUT2D eigenvalue weighted by atomic mass is 19.1. The normalized spacial score (nSPS) is 21.7. The van der Waals surface area contributed by atoms with Crippen molar-refractivity contribution < 1.29 is 18.7 Å². The molecule has 0 radical (unpaired) electrons. The molecule has 114 valence electrons. The average molecular weight is 293 g/mol. The van der Waals surface area contributed by atoms with E-state index in [4.69, 9.17) is 4.74 Å². The quantitative estimate of drug-likeness (QED) is 0.872. The Morgan fingerprint density at radius 1 is 1.24 bits per heavy atom. The molecule has 1 saturated carbocycles. The van der Waals surface area contributed by atoms with Crippen LogP contribution in [-0.2, 0) is 9.53 Å². The summed E-state index contributed by atoms with van der Waals surface area (Å²) in [5, 5.41) is 2.85. The molecule has 0 saturated heterocycles. The summed E-state index contributed by atoms with van der Waals surface area (Å²) in [5.74, 6) is -1.14. The van der Waals surface area contributed by atoms with E-state index in [0.717, 1.165) is 0 Å². The third kappa shape index (κ3) is 3.60. The third-order valence-corrected chi connectivity index (χ3v) is 4.03. The minimum atomic E-state index is -0.474. The largest absolute Gasteiger partial charge is 0.469 e. The monoisotopic (exact) mass is 293 g/mol. The molecule has 21 heavy (non-hydrogen) atoms. The molecule has 2 rings (SSSR count). The van der Waals surface area contributed by atoms with Crippen LogP contribution in [0.2, 0.25) is 0 Å². The lowest BCUT2D eigenvalue weighted by Crippen LogP contribution is -2.39. The van der Waals surface area contributed by atoms with Gasteiger partial charge in [0.25, 0.3) is 5.91 Å². The number of methoxy groups -OCH3 is 1. The number of halogens is 1. The number of rotatable bonds is 3. The van der Waals surface area contributed by atoms with Gasteiger partial charge in [0, 0.05) is 6.04 Å². The van der Waals surface area contributed by atoms with Gasteiger partial charge in [0.1, 0.15) is 5.82 Å². The minimum Gasteiger partial charge on any atom is -0.469 e. The molecule has 1 aromatic carbocycles. The predicted octanol–water partition coefficient (Wildman–Crippen LogP) is 2.60. The zero-order chi connectivity index (χ0) is 15.4. The topological polar surface area (TPSA) is 55.4 Å². The van der Waals surface area contributed by atoms with Crippen LogP contribution in [0.3, 0.4) is 0 Å². The molecule has 1 aliphatic carbocycles. The third-order valence-electron chi connectivity index (χ3n) is 4.03. The molecule has 0 aliphatic heterocycles. The van der Waals surface area contributed by atoms with Crippen molar-refractivity contribution in [1.82, 2.24) is 5.32 Å². The minimum absolute atomic E-state index is 0.0154. The van der Waals surface area contributed by atoms with Crippen molar-refractivity contribution in [1.29, 1.82) is 0 Å². The molecule has 0 atom stereocenters. The number of hydrogen-bond acceptors (Lipinski definition) is 3. The Bertz CT molecular complexity index is 536. The van der Waals surface area contributed by atoms with Crippen LogP contribution in [0, 0.1) is 18.7 Å². The number of carbonyl (C=O) groups excluding carboxylic acids is 2. The molecule has 4 nitrogen and oxygen atoms in total. The summed E-state index contributed by atoms with van der Waals surface area (Å²) in [6.07, 6.45) is 2.79. The fourth-order valence-electron chi connectivity index (χ4n) is 2.73. The number of benzene rings is 1. The van der Waals surface area contributed by atoms with Crippen LogP contribution in [0.25, 0.3) is 0 Å². The van der Waals surface area contributed by atoms with E-state index in [9.17, 15) is 14.0 Å². The Balaban J connectivity index is 1.93. The van der Waals surface area contributed by atoms with Crippen LogP contribution in [0.1, 0.15) is 41.6 Å². The molecule has 0 bridgehead atoms. The molecule has 5 heteroatoms. The smallest absolute Gasteiger partial charge is 0.308 e. The first-order chi connectivity index (χ1) is 10.0. The second-order valence-electron chi connectivity index (χ2n) is 5.48. The lowest BCUT2D eigenvalue weighted by Gasteiger charge is -2.27. The van der Waals surface area contributed by atoms with E-state index in [-0.39, 0.29) is 23.5 Å². The van der Waals surface area contributed by atoms with Crippen LogP contribution >= 0.6 is 0 Å². The van der Waals surface area contributed by atoms with Crippen molar-refractivity contribution in [3.05, 3.63) is 35.1 Å². The van der Waals surface area contributed by atoms with Gasteiger partial charge in [-0.05, 0) is 44.2 Å². The van der Waals surface area contributed by atoms with E-state index in [1.807, 2.05) is 0 Å². The summed E-state index contributed by atoms with van der Waals surface area (Å²) >= 11 is 0. The van der Waals surface area contributed by atoms with Crippen LogP contribution in [0.5, 0.6) is 0 Å². The highest BCUT2D eigenvalue weighted by Gasteiger charge is 2.28. The van der Waals surface area contributed by atoms with Gasteiger partial charge in [0.15, 0.2) is 0 Å². The van der Waals surface area contributed by atoms with Gasteiger partial charge in [-0.1, -0.05) is 12.1 Å². The van der Waals surface area contributed by atoms with Crippen LogP contribution < -0.4 is 5.32 Å². The number of amides is 1. The predicted molar refractivity (Wildman–Crippen MR) is 76.4 cm³/mol. The first kappa shape index (κ1) is 15.5. The van der Waals surface area contributed by atoms with E-state index in [2.05, 4.69) is 5.32 Å². The maximum Gasteiger partial charge on any atom is 0.308 e. The standard InChI is InChI=1S/C16H20FNO3/c1-10-4-3-5-13(14(10)17)15(19)18-12-8-6-11(7-9-12)16(20)21-2/h3-5,11-12H,6-9H2,1-2H3,(H,18,19). The van der Waals surface area contributed by atoms with E-state index < -0.39 is 11.7 Å². The van der Waals surface area contributed by atoms with Gasteiger partial charge < -0.3 is 10.1 Å². The number of aryl methyl sites for hydroxylation is 1. The van der Waals surface area contributed by atoms with Crippen molar-refractivity contribution in [3.8, 4) is 0 Å². The molecular formula is C16H20FNO3. The Labute approximate surface area is 123 Å². The zero-order valence-electron chi connectivity index (χ0n) is 12.3. The Hall–Kier alpha value is -1.91. The molecule has 0 aromatic heterocycles. The number of nitrogens with one attached hydrogen (secondary N) is 1. The van der Waals surface area contributed by atoms with Gasteiger partial charge in [-0.2, -0.15) is 0 Å². The second kappa shape index (κ2) is 6.70. The van der Waals surface area contributed by atoms with Crippen molar-refractivity contribution >= 4 is 11.9 Å². The van der Waals surface area contributed by atoms with Crippen LogP contribution in [0.4, 0.5) is 4.39 Å². The van der Waals surface area contributed by atoms with Gasteiger partial charge in [-0.3, -0.25) is 9.59 Å². The number of hydrogen-bond donors (Lipinski definition) is 1. The highest BCUT2D eigenvalue weighted by molar-refractivity contribution is 5.94. The van der Waals surface area contributed by atoms with E-state index >= 15 is 0 Å². The number of carbonyl (C=O) groups is 2. The molecule has 1 fully saturated rings. The molecule has 1 aromatic rings. The maximum absolute atomic E-state index is 13.9. The zero-order valence-corrected chi connectivity index (χ0v) is 12.3. The first-order valence-corrected chi connectivity index (χ1v) is 7.16. The van der Waals surface area contributed by atoms with E-state index in [1.54, 1.807) is 19.1 Å². The van der Waals surface area contributed by atoms with Crippen LogP contribution in [0.15, 0.2) is 18.2 Å². The summed E-state index contributed by atoms with van der Waals surface area (Å²) in [7, 11) is 1.39. The van der Waals surface area contributed by atoms with Gasteiger partial charge in [-0.25, -0.2) is 4.39 Å². The van der Waals surface area contributed by atoms with Crippen molar-refractivity contribution in [2.75, 3.05) is 7.11 Å². The number of esters is 1.